The maximum atomic E-state index is 11.3. The topological polar surface area (TPSA) is 37.3 Å². The molecule has 1 heterocycles. The molecule has 0 aliphatic rings. The number of rotatable bonds is 3. The number of halogens is 1. The monoisotopic (exact) mass is 268 g/mol. The lowest BCUT2D eigenvalue weighted by Gasteiger charge is -2.15. The maximum absolute atomic E-state index is 11.3. The summed E-state index contributed by atoms with van der Waals surface area (Å²) in [5.74, 6) is -1.17. The molecular weight excluding hydrogens is 256 g/mol. The molecule has 90 valence electrons. The molecule has 4 heteroatoms. The van der Waals surface area contributed by atoms with E-state index >= 15 is 0 Å². The number of carbonyl (C=O) groups is 1. The molecule has 17 heavy (non-hydrogen) atoms. The minimum absolute atomic E-state index is 0.0633. The number of hydrogen-bond acceptors (Lipinski definition) is 2. The van der Waals surface area contributed by atoms with Crippen molar-refractivity contribution in [2.24, 2.45) is 5.92 Å². The lowest BCUT2D eigenvalue weighted by Crippen LogP contribution is -2.16. The van der Waals surface area contributed by atoms with E-state index in [1.165, 1.54) is 11.3 Å². The molecule has 1 unspecified atom stereocenters. The molecule has 0 saturated carbocycles. The third-order valence-corrected chi connectivity index (χ3v) is 4.14. The van der Waals surface area contributed by atoms with Crippen molar-refractivity contribution in [2.45, 2.75) is 19.8 Å². The van der Waals surface area contributed by atoms with Crippen molar-refractivity contribution in [2.75, 3.05) is 0 Å². The predicted octanol–water partition coefficient (Wildman–Crippen LogP) is 4.38. The van der Waals surface area contributed by atoms with Gasteiger partial charge < -0.3 is 5.11 Å². The summed E-state index contributed by atoms with van der Waals surface area (Å²) in [6.07, 6.45) is 0. The average Bonchev–Trinajstić information content (AvgIpc) is 2.60. The molecule has 1 N–H and O–H groups in total. The quantitative estimate of drug-likeness (QED) is 0.897. The molecule has 1 aromatic carbocycles. The predicted molar refractivity (Wildman–Crippen MR) is 72.0 cm³/mol. The summed E-state index contributed by atoms with van der Waals surface area (Å²) in [6, 6.07) is 5.60. The molecular formula is C13H13ClO2S. The summed E-state index contributed by atoms with van der Waals surface area (Å²) in [5.41, 5.74) is 0. The second-order valence-electron chi connectivity index (χ2n) is 4.39. The molecule has 0 aliphatic carbocycles. The van der Waals surface area contributed by atoms with E-state index in [2.05, 4.69) is 0 Å². The standard InChI is InChI=1S/C13H13ClO2S/c1-7(2)11(13(15)16)12-10-5-9(14)4-3-8(10)6-17-12/h3-7,11H,1-2H3,(H,15,16). The lowest BCUT2D eigenvalue weighted by molar-refractivity contribution is -0.139. The zero-order valence-corrected chi connectivity index (χ0v) is 11.2. The zero-order valence-electron chi connectivity index (χ0n) is 9.61. The fourth-order valence-electron chi connectivity index (χ4n) is 1.98. The number of thiophene rings is 1. The van der Waals surface area contributed by atoms with Crippen LogP contribution in [0.1, 0.15) is 24.6 Å². The molecule has 0 bridgehead atoms. The SMILES string of the molecule is CC(C)C(C(=O)O)c1scc2ccc(Cl)cc12. The van der Waals surface area contributed by atoms with E-state index in [9.17, 15) is 9.90 Å². The van der Waals surface area contributed by atoms with Gasteiger partial charge in [0, 0.05) is 9.90 Å². The molecule has 2 rings (SSSR count). The smallest absolute Gasteiger partial charge is 0.312 e. The van der Waals surface area contributed by atoms with Gasteiger partial charge in [-0.1, -0.05) is 31.5 Å². The fraction of sp³-hybridized carbons (Fsp3) is 0.308. The molecule has 0 amide bonds. The Morgan fingerprint density at radius 1 is 1.41 bits per heavy atom. The van der Waals surface area contributed by atoms with Crippen LogP contribution in [0.4, 0.5) is 0 Å². The summed E-state index contributed by atoms with van der Waals surface area (Å²) in [7, 11) is 0. The van der Waals surface area contributed by atoms with Gasteiger partial charge in [-0.15, -0.1) is 11.3 Å². The Bertz CT molecular complexity index is 560. The van der Waals surface area contributed by atoms with Gasteiger partial charge in [-0.05, 0) is 34.2 Å². The van der Waals surface area contributed by atoms with Gasteiger partial charge in [0.1, 0.15) is 0 Å². The van der Waals surface area contributed by atoms with Crippen molar-refractivity contribution in [3.05, 3.63) is 33.5 Å². The summed E-state index contributed by atoms with van der Waals surface area (Å²) in [6.45, 7) is 3.85. The van der Waals surface area contributed by atoms with Crippen LogP contribution in [0.3, 0.4) is 0 Å². The molecule has 0 radical (unpaired) electrons. The van der Waals surface area contributed by atoms with Crippen molar-refractivity contribution in [3.63, 3.8) is 0 Å². The third-order valence-electron chi connectivity index (χ3n) is 2.81. The Hall–Kier alpha value is -1.06. The zero-order chi connectivity index (χ0) is 12.6. The summed E-state index contributed by atoms with van der Waals surface area (Å²) < 4.78 is 0. The molecule has 0 fully saturated rings. The Labute approximate surface area is 109 Å². The highest BCUT2D eigenvalue weighted by Gasteiger charge is 2.26. The second-order valence-corrected chi connectivity index (χ2v) is 5.74. The summed E-state index contributed by atoms with van der Waals surface area (Å²) >= 11 is 7.47. The number of aliphatic carboxylic acids is 1. The highest BCUT2D eigenvalue weighted by atomic mass is 35.5. The van der Waals surface area contributed by atoms with Gasteiger partial charge in [-0.2, -0.15) is 0 Å². The number of benzene rings is 1. The number of carboxylic acid groups (broad SMARTS) is 1. The van der Waals surface area contributed by atoms with Crippen molar-refractivity contribution in [1.29, 1.82) is 0 Å². The van der Waals surface area contributed by atoms with Crippen LogP contribution in [-0.4, -0.2) is 11.1 Å². The number of fused-ring (bicyclic) bond motifs is 1. The molecule has 2 aromatic rings. The Morgan fingerprint density at radius 3 is 2.71 bits per heavy atom. The first-order valence-corrected chi connectivity index (χ1v) is 6.66. The van der Waals surface area contributed by atoms with Gasteiger partial charge in [0.25, 0.3) is 0 Å². The minimum Gasteiger partial charge on any atom is -0.481 e. The molecule has 0 saturated heterocycles. The Kier molecular flexibility index (Phi) is 3.40. The third kappa shape index (κ3) is 2.31. The summed E-state index contributed by atoms with van der Waals surface area (Å²) in [4.78, 5) is 12.2. The van der Waals surface area contributed by atoms with Crippen LogP contribution in [0.15, 0.2) is 23.6 Å². The van der Waals surface area contributed by atoms with E-state index in [0.717, 1.165) is 15.6 Å². The highest BCUT2D eigenvalue weighted by molar-refractivity contribution is 7.11. The number of carboxylic acids is 1. The van der Waals surface area contributed by atoms with Crippen LogP contribution in [-0.2, 0) is 4.79 Å². The van der Waals surface area contributed by atoms with Crippen LogP contribution < -0.4 is 0 Å². The maximum Gasteiger partial charge on any atom is 0.312 e. The largest absolute Gasteiger partial charge is 0.481 e. The first-order chi connectivity index (χ1) is 8.00. The molecule has 0 spiro atoms. The van der Waals surface area contributed by atoms with Crippen molar-refractivity contribution in [1.82, 2.24) is 0 Å². The van der Waals surface area contributed by atoms with E-state index in [1.54, 1.807) is 0 Å². The minimum atomic E-state index is -0.774. The van der Waals surface area contributed by atoms with Gasteiger partial charge >= 0.3 is 5.97 Å². The fourth-order valence-corrected chi connectivity index (χ4v) is 3.43. The van der Waals surface area contributed by atoms with E-state index in [4.69, 9.17) is 11.6 Å². The first kappa shape index (κ1) is 12.4. The number of hydrogen-bond donors (Lipinski definition) is 1. The molecule has 2 nitrogen and oxygen atoms in total. The van der Waals surface area contributed by atoms with Crippen LogP contribution in [0.2, 0.25) is 5.02 Å². The van der Waals surface area contributed by atoms with E-state index < -0.39 is 11.9 Å². The lowest BCUT2D eigenvalue weighted by atomic mass is 9.92. The second kappa shape index (κ2) is 4.67. The normalized spacial score (nSPS) is 13.2. The van der Waals surface area contributed by atoms with Crippen LogP contribution >= 0.6 is 22.9 Å². The van der Waals surface area contributed by atoms with Crippen LogP contribution in [0.25, 0.3) is 10.8 Å². The first-order valence-electron chi connectivity index (χ1n) is 5.40. The molecule has 0 aliphatic heterocycles. The van der Waals surface area contributed by atoms with Crippen molar-refractivity contribution >= 4 is 39.7 Å². The van der Waals surface area contributed by atoms with Gasteiger partial charge in [0.2, 0.25) is 0 Å². The summed E-state index contributed by atoms with van der Waals surface area (Å²) in [5, 5.41) is 14.0. The van der Waals surface area contributed by atoms with Crippen molar-refractivity contribution < 1.29 is 9.90 Å². The van der Waals surface area contributed by atoms with Crippen LogP contribution in [0, 0.1) is 5.92 Å². The van der Waals surface area contributed by atoms with E-state index in [1.807, 2.05) is 37.4 Å². The van der Waals surface area contributed by atoms with Crippen molar-refractivity contribution in [3.8, 4) is 0 Å². The van der Waals surface area contributed by atoms with Gasteiger partial charge in [-0.25, -0.2) is 0 Å². The molecule has 1 aromatic heterocycles. The van der Waals surface area contributed by atoms with Gasteiger partial charge in [-0.3, -0.25) is 4.79 Å². The average molecular weight is 269 g/mol. The van der Waals surface area contributed by atoms with Gasteiger partial charge in [0.05, 0.1) is 5.92 Å². The van der Waals surface area contributed by atoms with E-state index in [-0.39, 0.29) is 5.92 Å². The Balaban J connectivity index is 2.61. The van der Waals surface area contributed by atoms with E-state index in [0.29, 0.717) is 5.02 Å². The Morgan fingerprint density at radius 2 is 2.12 bits per heavy atom. The molecule has 1 atom stereocenters. The van der Waals surface area contributed by atoms with Crippen LogP contribution in [0.5, 0.6) is 0 Å². The van der Waals surface area contributed by atoms with Gasteiger partial charge in [0.15, 0.2) is 0 Å². The highest BCUT2D eigenvalue weighted by Crippen LogP contribution is 2.37.